The number of nitrogens with one attached hydrogen (secondary N) is 2. The monoisotopic (exact) mass is 181 g/mol. The Labute approximate surface area is 77.8 Å². The number of aromatic nitrogens is 2. The topological polar surface area (TPSA) is 57.8 Å². The highest BCUT2D eigenvalue weighted by Crippen LogP contribution is 1.96. The van der Waals surface area contributed by atoms with E-state index in [1.165, 1.54) is 0 Å². The number of aromatic amines is 1. The van der Waals surface area contributed by atoms with Crippen molar-refractivity contribution < 1.29 is 4.79 Å². The Morgan fingerprint density at radius 3 is 2.85 bits per heavy atom. The van der Waals surface area contributed by atoms with Crippen LogP contribution in [0.5, 0.6) is 0 Å². The van der Waals surface area contributed by atoms with Gasteiger partial charge in [0.25, 0.3) is 5.91 Å². The Balaban J connectivity index is 2.49. The molecule has 0 bridgehead atoms. The Kier molecular flexibility index (Phi) is 3.06. The van der Waals surface area contributed by atoms with Crippen LogP contribution in [0.25, 0.3) is 0 Å². The summed E-state index contributed by atoms with van der Waals surface area (Å²) in [6.45, 7) is 6.62. The molecular formula is C9H15N3O. The first-order valence-electron chi connectivity index (χ1n) is 4.39. The van der Waals surface area contributed by atoms with Gasteiger partial charge in [0.2, 0.25) is 0 Å². The lowest BCUT2D eigenvalue weighted by molar-refractivity contribution is 0.0944. The molecule has 13 heavy (non-hydrogen) atoms. The van der Waals surface area contributed by atoms with Crippen LogP contribution in [0.1, 0.15) is 30.2 Å². The normalized spacial score (nSPS) is 10.5. The predicted molar refractivity (Wildman–Crippen MR) is 50.5 cm³/mol. The number of nitrogens with zero attached hydrogens (tertiary/aromatic N) is 1. The molecule has 4 nitrogen and oxygen atoms in total. The zero-order valence-corrected chi connectivity index (χ0v) is 8.22. The number of imidazole rings is 1. The molecule has 0 aliphatic carbocycles. The van der Waals surface area contributed by atoms with E-state index in [2.05, 4.69) is 29.1 Å². The fourth-order valence-corrected chi connectivity index (χ4v) is 0.928. The van der Waals surface area contributed by atoms with Crippen LogP contribution in [0.2, 0.25) is 0 Å². The van der Waals surface area contributed by atoms with Gasteiger partial charge in [-0.3, -0.25) is 4.79 Å². The Morgan fingerprint density at radius 1 is 1.69 bits per heavy atom. The van der Waals surface area contributed by atoms with Crippen molar-refractivity contribution in [2.75, 3.05) is 6.54 Å². The van der Waals surface area contributed by atoms with Crippen molar-refractivity contribution in [1.82, 2.24) is 15.3 Å². The van der Waals surface area contributed by atoms with Crippen LogP contribution < -0.4 is 5.32 Å². The van der Waals surface area contributed by atoms with Crippen LogP contribution in [0.3, 0.4) is 0 Å². The Bertz CT molecular complexity index is 291. The summed E-state index contributed by atoms with van der Waals surface area (Å²) in [7, 11) is 0. The number of rotatable bonds is 3. The second-order valence-electron chi connectivity index (χ2n) is 3.49. The third-order valence-electron chi connectivity index (χ3n) is 1.62. The second kappa shape index (κ2) is 4.07. The van der Waals surface area contributed by atoms with E-state index < -0.39 is 0 Å². The highest BCUT2D eigenvalue weighted by atomic mass is 16.1. The van der Waals surface area contributed by atoms with Crippen molar-refractivity contribution in [1.29, 1.82) is 0 Å². The maximum atomic E-state index is 11.4. The number of amides is 1. The number of hydrogen-bond acceptors (Lipinski definition) is 2. The fraction of sp³-hybridized carbons (Fsp3) is 0.556. The van der Waals surface area contributed by atoms with Crippen LogP contribution in [0.15, 0.2) is 6.20 Å². The molecule has 0 fully saturated rings. The van der Waals surface area contributed by atoms with Crippen molar-refractivity contribution in [2.45, 2.75) is 20.8 Å². The molecule has 0 atom stereocenters. The minimum absolute atomic E-state index is 0.0886. The molecule has 0 saturated heterocycles. The molecule has 0 radical (unpaired) electrons. The van der Waals surface area contributed by atoms with Crippen molar-refractivity contribution in [3.8, 4) is 0 Å². The molecule has 1 rings (SSSR count). The van der Waals surface area contributed by atoms with Crippen molar-refractivity contribution >= 4 is 5.91 Å². The van der Waals surface area contributed by atoms with E-state index >= 15 is 0 Å². The summed E-state index contributed by atoms with van der Waals surface area (Å²) in [6, 6.07) is 0. The summed E-state index contributed by atoms with van der Waals surface area (Å²) >= 11 is 0. The lowest BCUT2D eigenvalue weighted by atomic mass is 10.2. The molecule has 0 aliphatic rings. The highest BCUT2D eigenvalue weighted by molar-refractivity contribution is 5.92. The minimum atomic E-state index is -0.0886. The summed E-state index contributed by atoms with van der Waals surface area (Å²) in [5, 5.41) is 2.80. The molecule has 1 amide bonds. The molecule has 0 aromatic carbocycles. The first-order chi connectivity index (χ1) is 6.09. The smallest absolute Gasteiger partial charge is 0.269 e. The maximum absolute atomic E-state index is 11.4. The van der Waals surface area contributed by atoms with Crippen molar-refractivity contribution in [2.24, 2.45) is 5.92 Å². The van der Waals surface area contributed by atoms with Gasteiger partial charge in [0, 0.05) is 6.54 Å². The number of carbonyl (C=O) groups excluding carboxylic acids is 1. The summed E-state index contributed by atoms with van der Waals surface area (Å²) in [6.07, 6.45) is 1.55. The molecule has 4 heteroatoms. The summed E-state index contributed by atoms with van der Waals surface area (Å²) in [4.78, 5) is 18.2. The molecule has 1 aromatic rings. The first kappa shape index (κ1) is 9.77. The largest absolute Gasteiger partial charge is 0.350 e. The van der Waals surface area contributed by atoms with Crippen LogP contribution in [0.4, 0.5) is 0 Å². The van der Waals surface area contributed by atoms with Gasteiger partial charge in [0.1, 0.15) is 11.5 Å². The van der Waals surface area contributed by atoms with E-state index in [4.69, 9.17) is 0 Å². The average Bonchev–Trinajstić information content (AvgIpc) is 2.47. The first-order valence-corrected chi connectivity index (χ1v) is 4.39. The van der Waals surface area contributed by atoms with Crippen molar-refractivity contribution in [3.63, 3.8) is 0 Å². The molecule has 2 N–H and O–H groups in total. The van der Waals surface area contributed by atoms with E-state index in [-0.39, 0.29) is 5.91 Å². The third kappa shape index (κ3) is 2.89. The van der Waals surface area contributed by atoms with E-state index in [1.807, 2.05) is 6.92 Å². The second-order valence-corrected chi connectivity index (χ2v) is 3.49. The van der Waals surface area contributed by atoms with E-state index in [9.17, 15) is 4.79 Å². The predicted octanol–water partition coefficient (Wildman–Crippen LogP) is 1.10. The standard InChI is InChI=1S/C9H15N3O/c1-6(2)4-11-9(13)8-5-10-7(3)12-8/h5-6H,4H2,1-3H3,(H,10,12)(H,11,13). The van der Waals surface area contributed by atoms with Gasteiger partial charge < -0.3 is 10.3 Å². The number of aryl methyl sites for hydroxylation is 1. The molecule has 1 heterocycles. The Morgan fingerprint density at radius 2 is 2.38 bits per heavy atom. The zero-order chi connectivity index (χ0) is 9.84. The summed E-state index contributed by atoms with van der Waals surface area (Å²) in [5.41, 5.74) is 0.526. The Hall–Kier alpha value is -1.32. The summed E-state index contributed by atoms with van der Waals surface area (Å²) in [5.74, 6) is 1.14. The molecule has 72 valence electrons. The molecule has 1 aromatic heterocycles. The van der Waals surface area contributed by atoms with Crippen molar-refractivity contribution in [3.05, 3.63) is 17.7 Å². The van der Waals surface area contributed by atoms with E-state index in [0.29, 0.717) is 18.2 Å². The molecule has 0 saturated carbocycles. The number of carbonyl (C=O) groups is 1. The third-order valence-corrected chi connectivity index (χ3v) is 1.62. The van der Waals surface area contributed by atoms with Gasteiger partial charge in [0.15, 0.2) is 0 Å². The van der Waals surface area contributed by atoms with E-state index in [1.54, 1.807) is 6.20 Å². The zero-order valence-electron chi connectivity index (χ0n) is 8.22. The summed E-state index contributed by atoms with van der Waals surface area (Å²) < 4.78 is 0. The fourth-order valence-electron chi connectivity index (χ4n) is 0.928. The van der Waals surface area contributed by atoms with Gasteiger partial charge in [-0.05, 0) is 12.8 Å². The molecule has 0 unspecified atom stereocenters. The van der Waals surface area contributed by atoms with Gasteiger partial charge >= 0.3 is 0 Å². The number of H-pyrrole nitrogens is 1. The average molecular weight is 181 g/mol. The molecular weight excluding hydrogens is 166 g/mol. The SMILES string of the molecule is Cc1ncc(C(=O)NCC(C)C)[nH]1. The maximum Gasteiger partial charge on any atom is 0.269 e. The van der Waals surface area contributed by atoms with Gasteiger partial charge in [-0.1, -0.05) is 13.8 Å². The van der Waals surface area contributed by atoms with Crippen LogP contribution >= 0.6 is 0 Å². The van der Waals surface area contributed by atoms with Gasteiger partial charge in [-0.15, -0.1) is 0 Å². The van der Waals surface area contributed by atoms with E-state index in [0.717, 1.165) is 5.82 Å². The number of hydrogen-bond donors (Lipinski definition) is 2. The quantitative estimate of drug-likeness (QED) is 0.733. The van der Waals surface area contributed by atoms with Gasteiger partial charge in [-0.2, -0.15) is 0 Å². The lowest BCUT2D eigenvalue weighted by Gasteiger charge is -2.05. The molecule has 0 aliphatic heterocycles. The minimum Gasteiger partial charge on any atom is -0.350 e. The van der Waals surface area contributed by atoms with Crippen LogP contribution in [-0.2, 0) is 0 Å². The van der Waals surface area contributed by atoms with Crippen LogP contribution in [0, 0.1) is 12.8 Å². The van der Waals surface area contributed by atoms with Gasteiger partial charge in [-0.25, -0.2) is 4.98 Å². The van der Waals surface area contributed by atoms with Crippen LogP contribution in [-0.4, -0.2) is 22.4 Å². The highest BCUT2D eigenvalue weighted by Gasteiger charge is 2.07. The lowest BCUT2D eigenvalue weighted by Crippen LogP contribution is -2.27. The molecule has 0 spiro atoms. The van der Waals surface area contributed by atoms with Gasteiger partial charge in [0.05, 0.1) is 6.20 Å².